The van der Waals surface area contributed by atoms with Gasteiger partial charge in [-0.15, -0.1) is 0 Å². The van der Waals surface area contributed by atoms with Gasteiger partial charge >= 0.3 is 0 Å². The number of ether oxygens (including phenoxy) is 1. The highest BCUT2D eigenvalue weighted by Gasteiger charge is 2.10. The van der Waals surface area contributed by atoms with Crippen LogP contribution in [-0.2, 0) is 6.61 Å². The van der Waals surface area contributed by atoms with Gasteiger partial charge in [-0.2, -0.15) is 0 Å². The van der Waals surface area contributed by atoms with Crippen LogP contribution < -0.4 is 4.74 Å². The minimum Gasteiger partial charge on any atom is -0.497 e. The van der Waals surface area contributed by atoms with E-state index in [4.69, 9.17) is 4.74 Å². The van der Waals surface area contributed by atoms with Gasteiger partial charge in [-0.25, -0.2) is 0 Å². The van der Waals surface area contributed by atoms with E-state index in [9.17, 15) is 5.11 Å². The second kappa shape index (κ2) is 18.1. The van der Waals surface area contributed by atoms with Crippen LogP contribution in [0.4, 0.5) is 0 Å². The number of fused-ring (bicyclic) bond motifs is 1. The van der Waals surface area contributed by atoms with Crippen molar-refractivity contribution >= 4 is 58.4 Å². The molecule has 2 heteroatoms. The van der Waals surface area contributed by atoms with Gasteiger partial charge in [0.15, 0.2) is 0 Å². The van der Waals surface area contributed by atoms with Gasteiger partial charge in [-0.3, -0.25) is 0 Å². The first-order chi connectivity index (χ1) is 28.7. The predicted molar refractivity (Wildman–Crippen MR) is 247 cm³/mol. The molecule has 0 aliphatic rings. The zero-order chi connectivity index (χ0) is 39.5. The lowest BCUT2D eigenvalue weighted by Crippen LogP contribution is -1.91. The van der Waals surface area contributed by atoms with E-state index in [0.29, 0.717) is 0 Å². The average molecular weight is 749 g/mol. The lowest BCUT2D eigenvalue weighted by molar-refractivity contribution is 0.282. The summed E-state index contributed by atoms with van der Waals surface area (Å²) in [5, 5.41) is 12.1. The Labute approximate surface area is 341 Å². The average Bonchev–Trinajstić information content (AvgIpc) is 3.30. The first-order valence-electron chi connectivity index (χ1n) is 19.6. The largest absolute Gasteiger partial charge is 0.497 e. The molecule has 8 aromatic rings. The van der Waals surface area contributed by atoms with Crippen molar-refractivity contribution in [3.8, 4) is 5.75 Å². The molecule has 0 saturated carbocycles. The van der Waals surface area contributed by atoms with Crippen molar-refractivity contribution in [2.75, 3.05) is 7.11 Å². The first kappa shape index (κ1) is 37.7. The standard InChI is InChI=1S/C56H44O2/c1-58-52-35-32-49(33-36-52)56(45-18-6-3-7-19-45)39-51-22-11-9-15-43(51)34-37-54-47(31-30-46-20-12-13-23-53(46)54)29-28-42-14-8-10-21-50(42)38-55(44-16-4-2-5-17-44)48-26-24-41(40-57)25-27-48/h2-39,57H,40H2,1H3. The van der Waals surface area contributed by atoms with Gasteiger partial charge in [-0.1, -0.05) is 206 Å². The maximum absolute atomic E-state index is 9.68. The fourth-order valence-electron chi connectivity index (χ4n) is 7.36. The van der Waals surface area contributed by atoms with Crippen molar-refractivity contribution < 1.29 is 9.84 Å². The van der Waals surface area contributed by atoms with Crippen LogP contribution in [0.3, 0.4) is 0 Å². The maximum atomic E-state index is 9.68. The third-order valence-electron chi connectivity index (χ3n) is 10.5. The highest BCUT2D eigenvalue weighted by atomic mass is 16.5. The molecular weight excluding hydrogens is 705 g/mol. The molecule has 280 valence electrons. The van der Waals surface area contributed by atoms with Crippen molar-refractivity contribution in [1.82, 2.24) is 0 Å². The smallest absolute Gasteiger partial charge is 0.118 e. The molecule has 0 aliphatic heterocycles. The Morgan fingerprint density at radius 2 is 0.862 bits per heavy atom. The second-order valence-electron chi connectivity index (χ2n) is 14.1. The summed E-state index contributed by atoms with van der Waals surface area (Å²) in [6, 6.07) is 67.6. The summed E-state index contributed by atoms with van der Waals surface area (Å²) in [6.07, 6.45) is 13.5. The Morgan fingerprint density at radius 3 is 1.41 bits per heavy atom. The minimum atomic E-state index is 0.0214. The van der Waals surface area contributed by atoms with Crippen LogP contribution in [-0.4, -0.2) is 12.2 Å². The Hall–Kier alpha value is -7.26. The molecule has 0 atom stereocenters. The van der Waals surface area contributed by atoms with E-state index in [2.05, 4.69) is 200 Å². The van der Waals surface area contributed by atoms with Gasteiger partial charge in [0.2, 0.25) is 0 Å². The van der Waals surface area contributed by atoms with Crippen molar-refractivity contribution in [1.29, 1.82) is 0 Å². The lowest BCUT2D eigenvalue weighted by atomic mass is 9.93. The Balaban J connectivity index is 1.19. The number of methoxy groups -OCH3 is 1. The van der Waals surface area contributed by atoms with E-state index in [0.717, 1.165) is 78.1 Å². The molecule has 2 nitrogen and oxygen atoms in total. The zero-order valence-electron chi connectivity index (χ0n) is 32.5. The zero-order valence-corrected chi connectivity index (χ0v) is 32.5. The molecule has 58 heavy (non-hydrogen) atoms. The third kappa shape index (κ3) is 8.74. The van der Waals surface area contributed by atoms with Gasteiger partial charge in [0.25, 0.3) is 0 Å². The van der Waals surface area contributed by atoms with Gasteiger partial charge in [0, 0.05) is 0 Å². The molecule has 8 aromatic carbocycles. The van der Waals surface area contributed by atoms with Crippen LogP contribution >= 0.6 is 0 Å². The number of hydrogen-bond donors (Lipinski definition) is 1. The van der Waals surface area contributed by atoms with Crippen LogP contribution in [0, 0.1) is 0 Å². The molecule has 1 N–H and O–H groups in total. The normalized spacial score (nSPS) is 12.1. The number of rotatable bonds is 12. The molecule has 0 amide bonds. The molecule has 8 rings (SSSR count). The van der Waals surface area contributed by atoms with E-state index < -0.39 is 0 Å². The molecule has 0 aromatic heterocycles. The second-order valence-corrected chi connectivity index (χ2v) is 14.1. The van der Waals surface area contributed by atoms with Crippen LogP contribution in [0.1, 0.15) is 61.2 Å². The highest BCUT2D eigenvalue weighted by Crippen LogP contribution is 2.32. The summed E-state index contributed by atoms with van der Waals surface area (Å²) < 4.78 is 5.47. The molecule has 0 spiro atoms. The quantitative estimate of drug-likeness (QED) is 0.126. The van der Waals surface area contributed by atoms with Crippen molar-refractivity contribution in [3.05, 3.63) is 255 Å². The molecule has 0 bridgehead atoms. The lowest BCUT2D eigenvalue weighted by Gasteiger charge is -2.12. The van der Waals surface area contributed by atoms with E-state index in [1.54, 1.807) is 7.11 Å². The van der Waals surface area contributed by atoms with Crippen molar-refractivity contribution in [2.24, 2.45) is 0 Å². The van der Waals surface area contributed by atoms with Crippen LogP contribution in [0.2, 0.25) is 0 Å². The fourth-order valence-corrected chi connectivity index (χ4v) is 7.36. The fraction of sp³-hybridized carbons (Fsp3) is 0.0357. The SMILES string of the molecule is COc1ccc(C(=Cc2ccccc2C=Cc2c(C=Cc3ccccc3C=C(c3ccccc3)c3ccc(CO)cc3)ccc3ccccc23)c2ccccc2)cc1. The molecule has 0 aliphatic carbocycles. The molecule has 0 unspecified atom stereocenters. The summed E-state index contributed by atoms with van der Waals surface area (Å²) in [7, 11) is 1.70. The summed E-state index contributed by atoms with van der Waals surface area (Å²) >= 11 is 0. The van der Waals surface area contributed by atoms with Crippen LogP contribution in [0.15, 0.2) is 194 Å². The van der Waals surface area contributed by atoms with Gasteiger partial charge in [0.05, 0.1) is 13.7 Å². The highest BCUT2D eigenvalue weighted by molar-refractivity contribution is 5.99. The van der Waals surface area contributed by atoms with E-state index in [-0.39, 0.29) is 6.61 Å². The molecule has 0 radical (unpaired) electrons. The number of benzene rings is 8. The number of hydrogen-bond acceptors (Lipinski definition) is 2. The van der Waals surface area contributed by atoms with E-state index in [1.807, 2.05) is 30.3 Å². The third-order valence-corrected chi connectivity index (χ3v) is 10.5. The first-order valence-corrected chi connectivity index (χ1v) is 19.6. The van der Waals surface area contributed by atoms with Gasteiger partial charge < -0.3 is 9.84 Å². The van der Waals surface area contributed by atoms with Crippen molar-refractivity contribution in [3.63, 3.8) is 0 Å². The van der Waals surface area contributed by atoms with Crippen LogP contribution in [0.5, 0.6) is 5.75 Å². The monoisotopic (exact) mass is 748 g/mol. The van der Waals surface area contributed by atoms with Gasteiger partial charge in [-0.05, 0) is 107 Å². The molecule has 0 fully saturated rings. The Kier molecular flexibility index (Phi) is 11.8. The predicted octanol–water partition coefficient (Wildman–Crippen LogP) is 13.9. The summed E-state index contributed by atoms with van der Waals surface area (Å²) in [5.74, 6) is 0.835. The van der Waals surface area contributed by atoms with Crippen molar-refractivity contribution in [2.45, 2.75) is 6.61 Å². The summed E-state index contributed by atoms with van der Waals surface area (Å²) in [5.41, 5.74) is 14.5. The van der Waals surface area contributed by atoms with Crippen LogP contribution in [0.25, 0.3) is 58.4 Å². The van der Waals surface area contributed by atoms with Gasteiger partial charge in [0.1, 0.15) is 5.75 Å². The summed E-state index contributed by atoms with van der Waals surface area (Å²) in [4.78, 5) is 0. The summed E-state index contributed by atoms with van der Waals surface area (Å²) in [6.45, 7) is 0.0214. The Bertz CT molecular complexity index is 2750. The van der Waals surface area contributed by atoms with E-state index in [1.165, 1.54) is 10.8 Å². The minimum absolute atomic E-state index is 0.0214. The Morgan fingerprint density at radius 1 is 0.414 bits per heavy atom. The number of aliphatic hydroxyl groups is 1. The molecule has 0 heterocycles. The topological polar surface area (TPSA) is 29.5 Å². The number of aliphatic hydroxyl groups excluding tert-OH is 1. The maximum Gasteiger partial charge on any atom is 0.118 e. The van der Waals surface area contributed by atoms with E-state index >= 15 is 0 Å². The molecule has 0 saturated heterocycles. The molecular formula is C56H44O2.